The number of hydrogen-bond acceptors (Lipinski definition) is 4. The Morgan fingerprint density at radius 3 is 2.47 bits per heavy atom. The van der Waals surface area contributed by atoms with Crippen LogP contribution in [0.4, 0.5) is 4.79 Å². The molecule has 1 fully saturated rings. The number of carbonyl (C=O) groups is 2. The second kappa shape index (κ2) is 5.55. The van der Waals surface area contributed by atoms with Gasteiger partial charge in [-0.25, -0.2) is 4.79 Å². The number of methoxy groups -OCH3 is 1. The molecule has 0 spiro atoms. The van der Waals surface area contributed by atoms with Gasteiger partial charge >= 0.3 is 6.09 Å². The number of ether oxygens (including phenoxy) is 2. The van der Waals surface area contributed by atoms with Crippen LogP contribution in [-0.4, -0.2) is 49.8 Å². The van der Waals surface area contributed by atoms with Crippen molar-refractivity contribution in [2.75, 3.05) is 26.8 Å². The van der Waals surface area contributed by atoms with Crippen LogP contribution in [-0.2, 0) is 14.3 Å². The first-order valence-electron chi connectivity index (χ1n) is 4.86. The summed E-state index contributed by atoms with van der Waals surface area (Å²) in [6.07, 6.45) is 0.363. The van der Waals surface area contributed by atoms with E-state index >= 15 is 0 Å². The summed E-state index contributed by atoms with van der Waals surface area (Å²) in [5.74, 6) is -0.0324. The second-order valence-electron chi connectivity index (χ2n) is 3.45. The first-order chi connectivity index (χ1) is 7.13. The maximum atomic E-state index is 11.4. The molecular formula is C9H16N2O4. The Morgan fingerprint density at radius 2 is 2.00 bits per heavy atom. The lowest BCUT2D eigenvalue weighted by Crippen LogP contribution is -2.43. The molecule has 0 unspecified atom stereocenters. The fourth-order valence-electron chi connectivity index (χ4n) is 1.60. The fourth-order valence-corrected chi connectivity index (χ4v) is 1.60. The molecule has 0 bridgehead atoms. The van der Waals surface area contributed by atoms with Gasteiger partial charge in [-0.2, -0.15) is 0 Å². The SMILES string of the molecule is COCC(=O)N1CCC(OC(N)=O)CC1. The number of primary amides is 1. The van der Waals surface area contributed by atoms with Gasteiger partial charge in [0.05, 0.1) is 0 Å². The van der Waals surface area contributed by atoms with Crippen LogP contribution in [0.3, 0.4) is 0 Å². The Hall–Kier alpha value is -1.30. The number of hydrogen-bond donors (Lipinski definition) is 1. The Kier molecular flexibility index (Phi) is 4.36. The largest absolute Gasteiger partial charge is 0.446 e. The Balaban J connectivity index is 2.29. The number of nitrogens with zero attached hydrogens (tertiary/aromatic N) is 1. The molecular weight excluding hydrogens is 200 g/mol. The minimum atomic E-state index is -0.753. The molecule has 0 radical (unpaired) electrons. The monoisotopic (exact) mass is 216 g/mol. The predicted molar refractivity (Wildman–Crippen MR) is 52.1 cm³/mol. The van der Waals surface area contributed by atoms with Gasteiger partial charge in [0.2, 0.25) is 5.91 Å². The van der Waals surface area contributed by atoms with Crippen LogP contribution in [0, 0.1) is 0 Å². The molecule has 0 aromatic carbocycles. The van der Waals surface area contributed by atoms with Crippen molar-refractivity contribution in [3.63, 3.8) is 0 Å². The molecule has 1 heterocycles. The summed E-state index contributed by atoms with van der Waals surface area (Å²) in [4.78, 5) is 23.6. The van der Waals surface area contributed by atoms with Crippen LogP contribution in [0.2, 0.25) is 0 Å². The molecule has 2 N–H and O–H groups in total. The fraction of sp³-hybridized carbons (Fsp3) is 0.778. The molecule has 1 rings (SSSR count). The standard InChI is InChI=1S/C9H16N2O4/c1-14-6-8(12)11-4-2-7(3-5-11)15-9(10)13/h7H,2-6H2,1H3,(H2,10,13). The van der Waals surface area contributed by atoms with Crippen molar-refractivity contribution in [3.05, 3.63) is 0 Å². The molecule has 6 nitrogen and oxygen atoms in total. The number of carbonyl (C=O) groups excluding carboxylic acids is 2. The maximum Gasteiger partial charge on any atom is 0.404 e. The highest BCUT2D eigenvalue weighted by Crippen LogP contribution is 2.13. The van der Waals surface area contributed by atoms with E-state index in [-0.39, 0.29) is 18.6 Å². The summed E-state index contributed by atoms with van der Waals surface area (Å²) < 4.78 is 9.60. The third-order valence-electron chi connectivity index (χ3n) is 2.35. The third-order valence-corrected chi connectivity index (χ3v) is 2.35. The number of rotatable bonds is 3. The maximum absolute atomic E-state index is 11.4. The normalized spacial score (nSPS) is 17.5. The minimum Gasteiger partial charge on any atom is -0.446 e. The molecule has 1 aliphatic heterocycles. The highest BCUT2D eigenvalue weighted by molar-refractivity contribution is 5.77. The predicted octanol–water partition coefficient (Wildman–Crippen LogP) is -0.281. The first-order valence-corrected chi connectivity index (χ1v) is 4.86. The summed E-state index contributed by atoms with van der Waals surface area (Å²) in [7, 11) is 1.49. The molecule has 0 aromatic heterocycles. The summed E-state index contributed by atoms with van der Waals surface area (Å²) >= 11 is 0. The van der Waals surface area contributed by atoms with E-state index < -0.39 is 6.09 Å². The van der Waals surface area contributed by atoms with Gasteiger partial charge in [-0.15, -0.1) is 0 Å². The molecule has 0 aliphatic carbocycles. The smallest absolute Gasteiger partial charge is 0.404 e. The van der Waals surface area contributed by atoms with Crippen LogP contribution in [0.25, 0.3) is 0 Å². The van der Waals surface area contributed by atoms with Crippen molar-refractivity contribution in [3.8, 4) is 0 Å². The quantitative estimate of drug-likeness (QED) is 0.703. The van der Waals surface area contributed by atoms with Gasteiger partial charge in [0.1, 0.15) is 12.7 Å². The zero-order valence-electron chi connectivity index (χ0n) is 8.77. The first kappa shape index (κ1) is 11.8. The number of nitrogens with two attached hydrogens (primary N) is 1. The summed E-state index contributed by atoms with van der Waals surface area (Å²) in [6, 6.07) is 0. The van der Waals surface area contributed by atoms with Crippen molar-refractivity contribution in [2.24, 2.45) is 5.73 Å². The zero-order chi connectivity index (χ0) is 11.3. The highest BCUT2D eigenvalue weighted by atomic mass is 16.6. The Labute approximate surface area is 88.3 Å². The van der Waals surface area contributed by atoms with Crippen molar-refractivity contribution >= 4 is 12.0 Å². The summed E-state index contributed by atoms with van der Waals surface area (Å²) in [5.41, 5.74) is 4.90. The molecule has 6 heteroatoms. The summed E-state index contributed by atoms with van der Waals surface area (Å²) in [5, 5.41) is 0. The molecule has 0 saturated carbocycles. The number of amides is 2. The van der Waals surface area contributed by atoms with Gasteiger partial charge in [-0.3, -0.25) is 4.79 Å². The van der Waals surface area contributed by atoms with Gasteiger partial charge in [0, 0.05) is 33.0 Å². The lowest BCUT2D eigenvalue weighted by Gasteiger charge is -2.31. The van der Waals surface area contributed by atoms with Crippen molar-refractivity contribution in [2.45, 2.75) is 18.9 Å². The topological polar surface area (TPSA) is 81.9 Å². The van der Waals surface area contributed by atoms with E-state index in [1.165, 1.54) is 7.11 Å². The molecule has 86 valence electrons. The van der Waals surface area contributed by atoms with E-state index in [2.05, 4.69) is 0 Å². The average Bonchev–Trinajstić information content (AvgIpc) is 2.18. The van der Waals surface area contributed by atoms with E-state index in [1.807, 2.05) is 0 Å². The van der Waals surface area contributed by atoms with Gasteiger partial charge in [0.15, 0.2) is 0 Å². The van der Waals surface area contributed by atoms with E-state index in [0.29, 0.717) is 25.9 Å². The van der Waals surface area contributed by atoms with Crippen molar-refractivity contribution in [1.82, 2.24) is 4.90 Å². The molecule has 1 aliphatic rings. The lowest BCUT2D eigenvalue weighted by molar-refractivity contribution is -0.137. The average molecular weight is 216 g/mol. The van der Waals surface area contributed by atoms with Crippen LogP contribution < -0.4 is 5.73 Å². The van der Waals surface area contributed by atoms with Crippen LogP contribution in [0.15, 0.2) is 0 Å². The van der Waals surface area contributed by atoms with Crippen LogP contribution >= 0.6 is 0 Å². The third kappa shape index (κ3) is 3.75. The van der Waals surface area contributed by atoms with Gasteiger partial charge < -0.3 is 20.1 Å². The zero-order valence-corrected chi connectivity index (χ0v) is 8.77. The van der Waals surface area contributed by atoms with E-state index in [0.717, 1.165) is 0 Å². The molecule has 1 saturated heterocycles. The van der Waals surface area contributed by atoms with E-state index in [9.17, 15) is 9.59 Å². The molecule has 15 heavy (non-hydrogen) atoms. The number of likely N-dealkylation sites (tertiary alicyclic amines) is 1. The number of piperidine rings is 1. The van der Waals surface area contributed by atoms with Gasteiger partial charge in [-0.1, -0.05) is 0 Å². The van der Waals surface area contributed by atoms with Gasteiger partial charge in [-0.05, 0) is 0 Å². The van der Waals surface area contributed by atoms with Gasteiger partial charge in [0.25, 0.3) is 0 Å². The van der Waals surface area contributed by atoms with Crippen molar-refractivity contribution < 1.29 is 19.1 Å². The van der Waals surface area contributed by atoms with E-state index in [4.69, 9.17) is 15.2 Å². The van der Waals surface area contributed by atoms with Crippen LogP contribution in [0.1, 0.15) is 12.8 Å². The molecule has 2 amide bonds. The Morgan fingerprint density at radius 1 is 1.40 bits per heavy atom. The highest BCUT2D eigenvalue weighted by Gasteiger charge is 2.24. The minimum absolute atomic E-state index is 0.0324. The van der Waals surface area contributed by atoms with Crippen molar-refractivity contribution in [1.29, 1.82) is 0 Å². The van der Waals surface area contributed by atoms with Crippen LogP contribution in [0.5, 0.6) is 0 Å². The summed E-state index contributed by atoms with van der Waals surface area (Å²) in [6.45, 7) is 1.27. The molecule has 0 atom stereocenters. The van der Waals surface area contributed by atoms with E-state index in [1.54, 1.807) is 4.90 Å². The lowest BCUT2D eigenvalue weighted by atomic mass is 10.1. The molecule has 0 aromatic rings. The second-order valence-corrected chi connectivity index (χ2v) is 3.45. The Bertz CT molecular complexity index is 236.